The van der Waals surface area contributed by atoms with Crippen LogP contribution in [-0.4, -0.2) is 28.3 Å². The highest BCUT2D eigenvalue weighted by atomic mass is 79.9. The lowest BCUT2D eigenvalue weighted by molar-refractivity contribution is 0.240. The Kier molecular flexibility index (Phi) is 4.91. The van der Waals surface area contributed by atoms with Crippen LogP contribution in [-0.2, 0) is 13.6 Å². The summed E-state index contributed by atoms with van der Waals surface area (Å²) in [5.74, 6) is -0.253. The maximum Gasteiger partial charge on any atom is 0.123 e. The third-order valence-corrected chi connectivity index (χ3v) is 3.98. The van der Waals surface area contributed by atoms with Gasteiger partial charge in [0.05, 0.1) is 6.20 Å². The molecule has 1 aromatic heterocycles. The lowest BCUT2D eigenvalue weighted by atomic mass is 10.1. The highest BCUT2D eigenvalue weighted by Crippen LogP contribution is 2.28. The van der Waals surface area contributed by atoms with Gasteiger partial charge in [0, 0.05) is 42.4 Å². The van der Waals surface area contributed by atoms with Crippen LogP contribution in [0.15, 0.2) is 35.1 Å². The van der Waals surface area contributed by atoms with Gasteiger partial charge in [-0.1, -0.05) is 15.9 Å². The molecule has 1 aromatic carbocycles. The van der Waals surface area contributed by atoms with Gasteiger partial charge >= 0.3 is 0 Å². The standard InChI is InChI=1S/C14H18BrFN4/c1-19(8-10-7-18-20(2)9-10)14(6-17)12-5-11(16)3-4-13(12)15/h3-5,7,9,14H,6,8,17H2,1-2H3. The molecule has 2 aromatic rings. The quantitative estimate of drug-likeness (QED) is 0.909. The fraction of sp³-hybridized carbons (Fsp3) is 0.357. The van der Waals surface area contributed by atoms with Crippen LogP contribution in [0, 0.1) is 5.82 Å². The average Bonchev–Trinajstić information content (AvgIpc) is 2.80. The van der Waals surface area contributed by atoms with Crippen molar-refractivity contribution in [2.24, 2.45) is 12.8 Å². The molecule has 1 heterocycles. The Bertz CT molecular complexity index is 584. The topological polar surface area (TPSA) is 47.1 Å². The molecule has 0 saturated heterocycles. The average molecular weight is 341 g/mol. The summed E-state index contributed by atoms with van der Waals surface area (Å²) in [5, 5.41) is 4.15. The van der Waals surface area contributed by atoms with Gasteiger partial charge in [-0.05, 0) is 30.8 Å². The fourth-order valence-electron chi connectivity index (χ4n) is 2.27. The number of nitrogens with two attached hydrogens (primary N) is 1. The van der Waals surface area contributed by atoms with Crippen LogP contribution in [0.4, 0.5) is 4.39 Å². The third-order valence-electron chi connectivity index (χ3n) is 3.26. The molecule has 20 heavy (non-hydrogen) atoms. The normalized spacial score (nSPS) is 12.9. The summed E-state index contributed by atoms with van der Waals surface area (Å²) in [6.07, 6.45) is 3.79. The predicted octanol–water partition coefficient (Wildman–Crippen LogP) is 2.45. The van der Waals surface area contributed by atoms with Gasteiger partial charge in [-0.3, -0.25) is 9.58 Å². The van der Waals surface area contributed by atoms with Crippen LogP contribution in [0.3, 0.4) is 0 Å². The van der Waals surface area contributed by atoms with Gasteiger partial charge in [0.25, 0.3) is 0 Å². The van der Waals surface area contributed by atoms with E-state index < -0.39 is 0 Å². The Balaban J connectivity index is 2.20. The summed E-state index contributed by atoms with van der Waals surface area (Å²) in [5.41, 5.74) is 7.84. The number of aromatic nitrogens is 2. The summed E-state index contributed by atoms with van der Waals surface area (Å²) in [6.45, 7) is 1.12. The van der Waals surface area contributed by atoms with E-state index in [1.807, 2.05) is 26.5 Å². The van der Waals surface area contributed by atoms with E-state index in [0.29, 0.717) is 13.1 Å². The second-order valence-electron chi connectivity index (χ2n) is 4.85. The van der Waals surface area contributed by atoms with E-state index in [1.165, 1.54) is 12.1 Å². The van der Waals surface area contributed by atoms with Crippen molar-refractivity contribution in [1.82, 2.24) is 14.7 Å². The first-order chi connectivity index (χ1) is 9.51. The second-order valence-corrected chi connectivity index (χ2v) is 5.71. The van der Waals surface area contributed by atoms with E-state index in [9.17, 15) is 4.39 Å². The smallest absolute Gasteiger partial charge is 0.123 e. The molecule has 0 saturated carbocycles. The molecule has 0 amide bonds. The van der Waals surface area contributed by atoms with Gasteiger partial charge in [-0.15, -0.1) is 0 Å². The molecular weight excluding hydrogens is 323 g/mol. The number of hydrogen-bond donors (Lipinski definition) is 1. The van der Waals surface area contributed by atoms with Gasteiger partial charge in [0.2, 0.25) is 0 Å². The van der Waals surface area contributed by atoms with Gasteiger partial charge < -0.3 is 5.73 Å². The molecule has 2 rings (SSSR count). The predicted molar refractivity (Wildman–Crippen MR) is 80.6 cm³/mol. The lowest BCUT2D eigenvalue weighted by Crippen LogP contribution is -2.30. The molecule has 1 atom stereocenters. The maximum atomic E-state index is 13.4. The molecule has 2 N–H and O–H groups in total. The highest BCUT2D eigenvalue weighted by molar-refractivity contribution is 9.10. The van der Waals surface area contributed by atoms with Gasteiger partial charge in [0.1, 0.15) is 5.82 Å². The molecule has 0 bridgehead atoms. The van der Waals surface area contributed by atoms with Crippen molar-refractivity contribution in [3.05, 3.63) is 52.0 Å². The Labute approximate surface area is 126 Å². The largest absolute Gasteiger partial charge is 0.329 e. The number of nitrogens with zero attached hydrogens (tertiary/aromatic N) is 3. The van der Waals surface area contributed by atoms with Crippen LogP contribution in [0.25, 0.3) is 0 Å². The summed E-state index contributed by atoms with van der Waals surface area (Å²) in [4.78, 5) is 2.09. The van der Waals surface area contributed by atoms with E-state index in [2.05, 4.69) is 25.9 Å². The SMILES string of the molecule is CN(Cc1cnn(C)c1)C(CN)c1cc(F)ccc1Br. The summed E-state index contributed by atoms with van der Waals surface area (Å²) in [7, 11) is 3.86. The maximum absolute atomic E-state index is 13.4. The zero-order valence-corrected chi connectivity index (χ0v) is 13.1. The number of rotatable bonds is 5. The molecule has 0 fully saturated rings. The molecule has 0 aliphatic rings. The Morgan fingerprint density at radius 3 is 2.85 bits per heavy atom. The fourth-order valence-corrected chi connectivity index (χ4v) is 2.78. The minimum absolute atomic E-state index is 0.0553. The van der Waals surface area contributed by atoms with Gasteiger partial charge in [-0.25, -0.2) is 4.39 Å². The van der Waals surface area contributed by atoms with Gasteiger partial charge in [-0.2, -0.15) is 5.10 Å². The summed E-state index contributed by atoms with van der Waals surface area (Å²) in [6, 6.07) is 4.62. The zero-order valence-electron chi connectivity index (χ0n) is 11.6. The Morgan fingerprint density at radius 2 is 2.25 bits per heavy atom. The summed E-state index contributed by atoms with van der Waals surface area (Å²) >= 11 is 3.46. The number of benzene rings is 1. The van der Waals surface area contributed by atoms with Crippen LogP contribution in [0.5, 0.6) is 0 Å². The van der Waals surface area contributed by atoms with E-state index in [-0.39, 0.29) is 11.9 Å². The number of aryl methyl sites for hydroxylation is 1. The van der Waals surface area contributed by atoms with E-state index in [0.717, 1.165) is 15.6 Å². The Morgan fingerprint density at radius 1 is 1.50 bits per heavy atom. The van der Waals surface area contributed by atoms with Crippen LogP contribution in [0.2, 0.25) is 0 Å². The number of halogens is 2. The van der Waals surface area contributed by atoms with Crippen molar-refractivity contribution in [3.63, 3.8) is 0 Å². The second kappa shape index (κ2) is 6.47. The molecule has 4 nitrogen and oxygen atoms in total. The molecular formula is C14H18BrFN4. The van der Waals surface area contributed by atoms with E-state index in [4.69, 9.17) is 5.73 Å². The minimum Gasteiger partial charge on any atom is -0.329 e. The van der Waals surface area contributed by atoms with Crippen molar-refractivity contribution >= 4 is 15.9 Å². The zero-order chi connectivity index (χ0) is 14.7. The Hall–Kier alpha value is -1.24. The molecule has 108 valence electrons. The molecule has 0 aliphatic carbocycles. The van der Waals surface area contributed by atoms with Crippen molar-refractivity contribution in [2.75, 3.05) is 13.6 Å². The van der Waals surface area contributed by atoms with Crippen molar-refractivity contribution < 1.29 is 4.39 Å². The molecule has 0 radical (unpaired) electrons. The molecule has 6 heteroatoms. The molecule has 1 unspecified atom stereocenters. The van der Waals surface area contributed by atoms with E-state index in [1.54, 1.807) is 10.7 Å². The third kappa shape index (κ3) is 3.45. The monoisotopic (exact) mass is 340 g/mol. The van der Waals surface area contributed by atoms with Crippen molar-refractivity contribution in [1.29, 1.82) is 0 Å². The van der Waals surface area contributed by atoms with Crippen molar-refractivity contribution in [3.8, 4) is 0 Å². The highest BCUT2D eigenvalue weighted by Gasteiger charge is 2.19. The molecule has 0 aliphatic heterocycles. The minimum atomic E-state index is -0.253. The van der Waals surface area contributed by atoms with Crippen LogP contribution < -0.4 is 5.73 Å². The molecule has 0 spiro atoms. The number of likely N-dealkylation sites (N-methyl/N-ethyl adjacent to an activating group) is 1. The number of hydrogen-bond acceptors (Lipinski definition) is 3. The first kappa shape index (κ1) is 15.2. The summed E-state index contributed by atoms with van der Waals surface area (Å²) < 4.78 is 16.1. The van der Waals surface area contributed by atoms with E-state index >= 15 is 0 Å². The van der Waals surface area contributed by atoms with Gasteiger partial charge in [0.15, 0.2) is 0 Å². The van der Waals surface area contributed by atoms with Crippen molar-refractivity contribution in [2.45, 2.75) is 12.6 Å². The first-order valence-electron chi connectivity index (χ1n) is 6.34. The van der Waals surface area contributed by atoms with Crippen LogP contribution >= 0.6 is 15.9 Å². The lowest BCUT2D eigenvalue weighted by Gasteiger charge is -2.27. The van der Waals surface area contributed by atoms with Crippen LogP contribution in [0.1, 0.15) is 17.2 Å². The first-order valence-corrected chi connectivity index (χ1v) is 7.13.